The molecule has 33 heavy (non-hydrogen) atoms. The van der Waals surface area contributed by atoms with E-state index in [0.29, 0.717) is 18.5 Å². The van der Waals surface area contributed by atoms with Crippen LogP contribution in [0.2, 0.25) is 0 Å². The third-order valence-corrected chi connectivity index (χ3v) is 7.36. The van der Waals surface area contributed by atoms with Gasteiger partial charge in [-0.1, -0.05) is 43.2 Å². The number of hydrogen-bond acceptors (Lipinski definition) is 5. The van der Waals surface area contributed by atoms with Gasteiger partial charge in [0.2, 0.25) is 5.91 Å². The zero-order valence-electron chi connectivity index (χ0n) is 18.6. The molecule has 2 aromatic rings. The predicted octanol–water partition coefficient (Wildman–Crippen LogP) is 4.45. The first kappa shape index (κ1) is 23.5. The standard InChI is InChI=1S/C25H27IN2O5/c1-32-22(29)19-14-21-18(13-20(19)26)15-25(9-5-6-10-25)23(30)28(21)12-11-27-24(31)33-16-17-7-3-2-4-8-17/h2-4,7-8,13-14H,5-6,9-12,15-16H2,1H3,(H,27,31). The molecule has 0 atom stereocenters. The molecule has 4 rings (SSSR count). The summed E-state index contributed by atoms with van der Waals surface area (Å²) in [6.07, 6.45) is 3.96. The Morgan fingerprint density at radius 1 is 1.15 bits per heavy atom. The molecule has 7 nitrogen and oxygen atoms in total. The van der Waals surface area contributed by atoms with E-state index in [4.69, 9.17) is 9.47 Å². The van der Waals surface area contributed by atoms with Crippen LogP contribution >= 0.6 is 22.6 Å². The minimum atomic E-state index is -0.531. The summed E-state index contributed by atoms with van der Waals surface area (Å²) >= 11 is 2.14. The van der Waals surface area contributed by atoms with Crippen LogP contribution in [0.1, 0.15) is 47.2 Å². The molecule has 0 radical (unpaired) electrons. The normalized spacial score (nSPS) is 16.4. The monoisotopic (exact) mass is 562 g/mol. The van der Waals surface area contributed by atoms with E-state index in [-0.39, 0.29) is 19.1 Å². The van der Waals surface area contributed by atoms with Gasteiger partial charge < -0.3 is 19.7 Å². The van der Waals surface area contributed by atoms with E-state index in [1.165, 1.54) is 7.11 Å². The van der Waals surface area contributed by atoms with E-state index in [2.05, 4.69) is 27.9 Å². The summed E-state index contributed by atoms with van der Waals surface area (Å²) in [7, 11) is 1.35. The molecule has 1 saturated carbocycles. The molecule has 0 bridgehead atoms. The van der Waals surface area contributed by atoms with Gasteiger partial charge in [0.15, 0.2) is 0 Å². The molecule has 0 unspecified atom stereocenters. The van der Waals surface area contributed by atoms with Gasteiger partial charge >= 0.3 is 12.1 Å². The highest BCUT2D eigenvalue weighted by molar-refractivity contribution is 14.1. The number of methoxy groups -OCH3 is 1. The molecule has 1 aliphatic heterocycles. The molecule has 1 aliphatic carbocycles. The number of anilines is 1. The van der Waals surface area contributed by atoms with E-state index in [9.17, 15) is 14.4 Å². The van der Waals surface area contributed by atoms with Crippen molar-refractivity contribution >= 4 is 46.2 Å². The smallest absolute Gasteiger partial charge is 0.407 e. The number of ether oxygens (including phenoxy) is 2. The van der Waals surface area contributed by atoms with Crippen molar-refractivity contribution in [3.05, 3.63) is 62.7 Å². The summed E-state index contributed by atoms with van der Waals surface area (Å²) in [6.45, 7) is 0.728. The second-order valence-electron chi connectivity index (χ2n) is 8.56. The van der Waals surface area contributed by atoms with Gasteiger partial charge in [0, 0.05) is 22.3 Å². The molecular formula is C25H27IN2O5. The number of amides is 2. The van der Waals surface area contributed by atoms with Gasteiger partial charge in [0.1, 0.15) is 6.61 Å². The SMILES string of the molecule is COC(=O)c1cc2c(cc1I)CC1(CCCC1)C(=O)N2CCNC(=O)OCc1ccccc1. The number of benzene rings is 2. The largest absolute Gasteiger partial charge is 0.465 e. The van der Waals surface area contributed by atoms with Crippen LogP contribution in [0.15, 0.2) is 42.5 Å². The van der Waals surface area contributed by atoms with Crippen molar-refractivity contribution in [1.82, 2.24) is 5.32 Å². The summed E-state index contributed by atoms with van der Waals surface area (Å²) in [6, 6.07) is 13.2. The van der Waals surface area contributed by atoms with Crippen LogP contribution in [0.5, 0.6) is 0 Å². The van der Waals surface area contributed by atoms with Crippen molar-refractivity contribution in [3.63, 3.8) is 0 Å². The Morgan fingerprint density at radius 3 is 2.58 bits per heavy atom. The minimum absolute atomic E-state index is 0.0731. The summed E-state index contributed by atoms with van der Waals surface area (Å²) in [4.78, 5) is 39.7. The molecule has 1 fully saturated rings. The van der Waals surface area contributed by atoms with E-state index >= 15 is 0 Å². The first-order valence-corrected chi connectivity index (χ1v) is 12.2. The van der Waals surface area contributed by atoms with Crippen LogP contribution in [0, 0.1) is 8.99 Å². The zero-order chi connectivity index (χ0) is 23.4. The molecule has 2 aromatic carbocycles. The van der Waals surface area contributed by atoms with Crippen LogP contribution in [0.4, 0.5) is 10.5 Å². The Hall–Kier alpha value is -2.62. The lowest BCUT2D eigenvalue weighted by atomic mass is 9.75. The van der Waals surface area contributed by atoms with Crippen LogP contribution in [-0.4, -0.2) is 38.2 Å². The number of alkyl carbamates (subject to hydrolysis) is 1. The molecule has 2 amide bonds. The molecule has 1 heterocycles. The number of hydrogen-bond donors (Lipinski definition) is 1. The van der Waals surface area contributed by atoms with Gasteiger partial charge in [0.25, 0.3) is 0 Å². The number of halogens is 1. The summed E-state index contributed by atoms with van der Waals surface area (Å²) in [5, 5.41) is 2.74. The van der Waals surface area contributed by atoms with Crippen LogP contribution in [-0.2, 0) is 27.3 Å². The fourth-order valence-corrected chi connectivity index (χ4v) is 5.56. The van der Waals surface area contributed by atoms with Crippen LogP contribution in [0.3, 0.4) is 0 Å². The molecule has 1 spiro atoms. The second-order valence-corrected chi connectivity index (χ2v) is 9.72. The fourth-order valence-electron chi connectivity index (χ4n) is 4.81. The van der Waals surface area contributed by atoms with Gasteiger partial charge in [-0.25, -0.2) is 9.59 Å². The molecule has 0 aromatic heterocycles. The third kappa shape index (κ3) is 5.00. The number of carbonyl (C=O) groups is 3. The zero-order valence-corrected chi connectivity index (χ0v) is 20.7. The van der Waals surface area contributed by atoms with Gasteiger partial charge in [-0.2, -0.15) is 0 Å². The maximum atomic E-state index is 13.6. The van der Waals surface area contributed by atoms with Crippen LogP contribution < -0.4 is 10.2 Å². The van der Waals surface area contributed by atoms with E-state index in [1.807, 2.05) is 36.4 Å². The highest BCUT2D eigenvalue weighted by Gasteiger charge is 2.47. The Kier molecular flexibility index (Phi) is 7.21. The average Bonchev–Trinajstić information content (AvgIpc) is 3.29. The predicted molar refractivity (Wildman–Crippen MR) is 132 cm³/mol. The quantitative estimate of drug-likeness (QED) is 0.416. The van der Waals surface area contributed by atoms with E-state index in [1.54, 1.807) is 11.0 Å². The van der Waals surface area contributed by atoms with Gasteiger partial charge in [-0.3, -0.25) is 4.79 Å². The number of nitrogens with one attached hydrogen (secondary N) is 1. The lowest BCUT2D eigenvalue weighted by molar-refractivity contribution is -0.128. The molecule has 174 valence electrons. The second kappa shape index (κ2) is 10.1. The van der Waals surface area contributed by atoms with Crippen molar-refractivity contribution in [2.45, 2.75) is 38.7 Å². The molecule has 1 N–H and O–H groups in total. The number of rotatable bonds is 6. The summed E-state index contributed by atoms with van der Waals surface area (Å²) in [5.41, 5.74) is 2.72. The highest BCUT2D eigenvalue weighted by Crippen LogP contribution is 2.48. The Balaban J connectivity index is 1.49. The highest BCUT2D eigenvalue weighted by atomic mass is 127. The molecular weight excluding hydrogens is 535 g/mol. The number of carbonyl (C=O) groups excluding carboxylic acids is 3. The maximum absolute atomic E-state index is 13.6. The van der Waals surface area contributed by atoms with Gasteiger partial charge in [-0.05, 0) is 65.1 Å². The van der Waals surface area contributed by atoms with Crippen molar-refractivity contribution in [2.24, 2.45) is 5.41 Å². The van der Waals surface area contributed by atoms with Crippen molar-refractivity contribution in [2.75, 3.05) is 25.1 Å². The lowest BCUT2D eigenvalue weighted by Crippen LogP contribution is -2.50. The average molecular weight is 562 g/mol. The third-order valence-electron chi connectivity index (χ3n) is 6.47. The number of nitrogens with zero attached hydrogens (tertiary/aromatic N) is 1. The Bertz CT molecular complexity index is 1050. The fraction of sp³-hybridized carbons (Fsp3) is 0.400. The molecule has 0 saturated heterocycles. The summed E-state index contributed by atoms with van der Waals surface area (Å²) in [5.74, 6) is -0.359. The summed E-state index contributed by atoms with van der Waals surface area (Å²) < 4.78 is 11.0. The molecule has 2 aliphatic rings. The van der Waals surface area contributed by atoms with E-state index < -0.39 is 17.5 Å². The lowest BCUT2D eigenvalue weighted by Gasteiger charge is -2.41. The van der Waals surface area contributed by atoms with E-state index in [0.717, 1.165) is 46.1 Å². The van der Waals surface area contributed by atoms with Crippen molar-refractivity contribution < 1.29 is 23.9 Å². The topological polar surface area (TPSA) is 84.9 Å². The van der Waals surface area contributed by atoms with Crippen molar-refractivity contribution in [1.29, 1.82) is 0 Å². The van der Waals surface area contributed by atoms with Gasteiger partial charge in [-0.15, -0.1) is 0 Å². The number of fused-ring (bicyclic) bond motifs is 1. The van der Waals surface area contributed by atoms with Crippen molar-refractivity contribution in [3.8, 4) is 0 Å². The van der Waals surface area contributed by atoms with Gasteiger partial charge in [0.05, 0.1) is 18.1 Å². The Labute approximate surface area is 207 Å². The first-order chi connectivity index (χ1) is 15.9. The number of esters is 1. The maximum Gasteiger partial charge on any atom is 0.407 e. The Morgan fingerprint density at radius 2 is 1.88 bits per heavy atom. The molecule has 8 heteroatoms. The first-order valence-electron chi connectivity index (χ1n) is 11.1. The van der Waals surface area contributed by atoms with Crippen LogP contribution in [0.25, 0.3) is 0 Å². The minimum Gasteiger partial charge on any atom is -0.465 e.